The fourth-order valence-corrected chi connectivity index (χ4v) is 4.35. The van der Waals surface area contributed by atoms with Crippen LogP contribution in [0, 0.1) is 0 Å². The molecule has 0 bridgehead atoms. The molecule has 3 rings (SSSR count). The molecule has 1 atom stereocenters. The Labute approximate surface area is 186 Å². The SMILES string of the molecule is CCCCCOc1ccccc1CN1C(=O)C(O)(CC(C)=O)c2c(Cl)ccc(Cl)c21. The molecule has 0 spiro atoms. The van der Waals surface area contributed by atoms with Gasteiger partial charge in [0.25, 0.3) is 5.91 Å². The largest absolute Gasteiger partial charge is 0.493 e. The summed E-state index contributed by atoms with van der Waals surface area (Å²) in [6, 6.07) is 10.5. The molecule has 5 nitrogen and oxygen atoms in total. The highest BCUT2D eigenvalue weighted by Crippen LogP contribution is 2.50. The molecule has 1 N–H and O–H groups in total. The Kier molecular flexibility index (Phi) is 7.06. The van der Waals surface area contributed by atoms with Crippen molar-refractivity contribution in [3.8, 4) is 5.75 Å². The molecule has 0 aromatic heterocycles. The number of carbonyl (C=O) groups is 2. The molecular formula is C23H25Cl2NO4. The molecule has 7 heteroatoms. The number of para-hydroxylation sites is 1. The molecule has 1 aliphatic rings. The van der Waals surface area contributed by atoms with Gasteiger partial charge in [-0.2, -0.15) is 0 Å². The molecule has 2 aromatic rings. The summed E-state index contributed by atoms with van der Waals surface area (Å²) in [6.45, 7) is 4.17. The summed E-state index contributed by atoms with van der Waals surface area (Å²) in [7, 11) is 0. The lowest BCUT2D eigenvalue weighted by Gasteiger charge is -2.23. The first kappa shape index (κ1) is 22.6. The van der Waals surface area contributed by atoms with Crippen molar-refractivity contribution in [3.05, 3.63) is 57.6 Å². The topological polar surface area (TPSA) is 66.8 Å². The lowest BCUT2D eigenvalue weighted by molar-refractivity contribution is -0.141. The summed E-state index contributed by atoms with van der Waals surface area (Å²) in [4.78, 5) is 26.5. The third-order valence-corrected chi connectivity index (χ3v) is 5.79. The third kappa shape index (κ3) is 4.34. The Morgan fingerprint density at radius 3 is 2.53 bits per heavy atom. The average Bonchev–Trinajstić information content (AvgIpc) is 2.91. The van der Waals surface area contributed by atoms with Gasteiger partial charge in [-0.3, -0.25) is 9.59 Å². The molecule has 0 radical (unpaired) electrons. The number of benzene rings is 2. The standard InChI is InChI=1S/C23H25Cl2NO4/c1-3-4-7-12-30-19-9-6-5-8-16(19)14-26-21-18(25)11-10-17(24)20(21)23(29,22(26)28)13-15(2)27/h5-6,8-11,29H,3-4,7,12-14H2,1-2H3. The second kappa shape index (κ2) is 9.38. The van der Waals surface area contributed by atoms with E-state index in [0.29, 0.717) is 18.0 Å². The number of fused-ring (bicyclic) bond motifs is 1. The van der Waals surface area contributed by atoms with Crippen LogP contribution in [0.1, 0.15) is 50.7 Å². The van der Waals surface area contributed by atoms with Crippen LogP contribution in [0.5, 0.6) is 5.75 Å². The summed E-state index contributed by atoms with van der Waals surface area (Å²) < 4.78 is 5.93. The minimum Gasteiger partial charge on any atom is -0.493 e. The maximum Gasteiger partial charge on any atom is 0.264 e. The number of halogens is 2. The zero-order valence-electron chi connectivity index (χ0n) is 17.1. The maximum absolute atomic E-state index is 13.3. The lowest BCUT2D eigenvalue weighted by atomic mass is 9.90. The quantitative estimate of drug-likeness (QED) is 0.529. The van der Waals surface area contributed by atoms with E-state index in [1.165, 1.54) is 17.9 Å². The van der Waals surface area contributed by atoms with Gasteiger partial charge >= 0.3 is 0 Å². The normalized spacial score (nSPS) is 17.9. The first-order valence-corrected chi connectivity index (χ1v) is 10.8. The Morgan fingerprint density at radius 2 is 1.83 bits per heavy atom. The van der Waals surface area contributed by atoms with Crippen molar-refractivity contribution < 1.29 is 19.4 Å². The monoisotopic (exact) mass is 449 g/mol. The summed E-state index contributed by atoms with van der Waals surface area (Å²) in [5, 5.41) is 11.7. The second-order valence-electron chi connectivity index (χ2n) is 7.55. The van der Waals surface area contributed by atoms with Crippen LogP contribution in [-0.2, 0) is 21.7 Å². The maximum atomic E-state index is 13.3. The highest BCUT2D eigenvalue weighted by atomic mass is 35.5. The van der Waals surface area contributed by atoms with Crippen LogP contribution in [0.15, 0.2) is 36.4 Å². The highest BCUT2D eigenvalue weighted by Gasteiger charge is 2.52. The molecule has 0 saturated heterocycles. The summed E-state index contributed by atoms with van der Waals surface area (Å²) >= 11 is 12.7. The number of unbranched alkanes of at least 4 members (excludes halogenated alkanes) is 2. The molecule has 1 amide bonds. The van der Waals surface area contributed by atoms with Crippen molar-refractivity contribution in [1.29, 1.82) is 0 Å². The summed E-state index contributed by atoms with van der Waals surface area (Å²) in [5.74, 6) is -0.277. The smallest absolute Gasteiger partial charge is 0.264 e. The molecule has 160 valence electrons. The van der Waals surface area contributed by atoms with Crippen LogP contribution < -0.4 is 9.64 Å². The van der Waals surface area contributed by atoms with Gasteiger partial charge in [0.2, 0.25) is 0 Å². The van der Waals surface area contributed by atoms with Crippen LogP contribution in [0.25, 0.3) is 0 Å². The molecule has 1 unspecified atom stereocenters. The molecule has 0 saturated carbocycles. The van der Waals surface area contributed by atoms with E-state index in [9.17, 15) is 14.7 Å². The number of amides is 1. The van der Waals surface area contributed by atoms with E-state index in [2.05, 4.69) is 6.92 Å². The van der Waals surface area contributed by atoms with Crippen molar-refractivity contribution in [2.45, 2.75) is 51.7 Å². The molecule has 1 heterocycles. The van der Waals surface area contributed by atoms with E-state index in [1.807, 2.05) is 24.3 Å². The van der Waals surface area contributed by atoms with Gasteiger partial charge in [-0.15, -0.1) is 0 Å². The predicted octanol–water partition coefficient (Wildman–Crippen LogP) is 5.28. The number of anilines is 1. The van der Waals surface area contributed by atoms with E-state index in [0.717, 1.165) is 24.8 Å². The fourth-order valence-electron chi connectivity index (χ4n) is 3.79. The second-order valence-corrected chi connectivity index (χ2v) is 8.36. The number of hydrogen-bond donors (Lipinski definition) is 1. The minimum atomic E-state index is -2.04. The van der Waals surface area contributed by atoms with Crippen LogP contribution in [0.2, 0.25) is 10.0 Å². The van der Waals surface area contributed by atoms with E-state index in [4.69, 9.17) is 27.9 Å². The first-order valence-electron chi connectivity index (χ1n) is 10.0. The Morgan fingerprint density at radius 1 is 1.13 bits per heavy atom. The predicted molar refractivity (Wildman–Crippen MR) is 118 cm³/mol. The van der Waals surface area contributed by atoms with Crippen LogP contribution >= 0.6 is 23.2 Å². The number of Topliss-reactive ketones (excluding diaryl/α,β-unsaturated/α-hetero) is 1. The van der Waals surface area contributed by atoms with Crippen molar-refractivity contribution in [2.75, 3.05) is 11.5 Å². The number of rotatable bonds is 9. The van der Waals surface area contributed by atoms with Gasteiger partial charge < -0.3 is 14.7 Å². The molecular weight excluding hydrogens is 425 g/mol. The zero-order chi connectivity index (χ0) is 21.9. The van der Waals surface area contributed by atoms with Crippen molar-refractivity contribution in [2.24, 2.45) is 0 Å². The number of ketones is 1. The summed E-state index contributed by atoms with van der Waals surface area (Å²) in [5.41, 5.74) is -0.756. The van der Waals surface area contributed by atoms with Crippen LogP contribution in [-0.4, -0.2) is 23.4 Å². The van der Waals surface area contributed by atoms with E-state index >= 15 is 0 Å². The average molecular weight is 450 g/mol. The third-order valence-electron chi connectivity index (χ3n) is 5.17. The minimum absolute atomic E-state index is 0.135. The van der Waals surface area contributed by atoms with Crippen molar-refractivity contribution >= 4 is 40.6 Å². The van der Waals surface area contributed by atoms with Crippen LogP contribution in [0.3, 0.4) is 0 Å². The van der Waals surface area contributed by atoms with Gasteiger partial charge in [0, 0.05) is 22.6 Å². The number of aliphatic hydroxyl groups is 1. The molecule has 30 heavy (non-hydrogen) atoms. The van der Waals surface area contributed by atoms with Gasteiger partial charge in [0.15, 0.2) is 5.60 Å². The van der Waals surface area contributed by atoms with Crippen molar-refractivity contribution in [3.63, 3.8) is 0 Å². The van der Waals surface area contributed by atoms with Crippen molar-refractivity contribution in [1.82, 2.24) is 0 Å². The number of carbonyl (C=O) groups excluding carboxylic acids is 2. The van der Waals surface area contributed by atoms with Crippen LogP contribution in [0.4, 0.5) is 5.69 Å². The molecule has 0 aliphatic carbocycles. The lowest BCUT2D eigenvalue weighted by Crippen LogP contribution is -2.41. The number of ether oxygens (including phenoxy) is 1. The Hall–Kier alpha value is -2.08. The van der Waals surface area contributed by atoms with E-state index in [-0.39, 0.29) is 34.4 Å². The number of hydrogen-bond acceptors (Lipinski definition) is 4. The van der Waals surface area contributed by atoms with E-state index in [1.54, 1.807) is 6.07 Å². The Balaban J connectivity index is 1.98. The molecule has 1 aliphatic heterocycles. The van der Waals surface area contributed by atoms with Gasteiger partial charge in [-0.05, 0) is 31.5 Å². The van der Waals surface area contributed by atoms with Gasteiger partial charge in [0.1, 0.15) is 11.5 Å². The number of nitrogens with zero attached hydrogens (tertiary/aromatic N) is 1. The highest BCUT2D eigenvalue weighted by molar-refractivity contribution is 6.38. The first-order chi connectivity index (χ1) is 14.3. The zero-order valence-corrected chi connectivity index (χ0v) is 18.6. The van der Waals surface area contributed by atoms with E-state index < -0.39 is 11.5 Å². The summed E-state index contributed by atoms with van der Waals surface area (Å²) in [6.07, 6.45) is 2.74. The van der Waals surface area contributed by atoms with Gasteiger partial charge in [-0.1, -0.05) is 61.2 Å². The Bertz CT molecular complexity index is 962. The van der Waals surface area contributed by atoms with Gasteiger partial charge in [0.05, 0.1) is 23.9 Å². The molecule has 2 aromatic carbocycles. The molecule has 0 fully saturated rings. The fraction of sp³-hybridized carbons (Fsp3) is 0.391. The van der Waals surface area contributed by atoms with Gasteiger partial charge in [-0.25, -0.2) is 0 Å².